The molecule has 0 bridgehead atoms. The number of carbonyl (C=O) groups excluding carboxylic acids is 1. The largest absolute Gasteiger partial charge is 0.341 e. The second kappa shape index (κ2) is 4.82. The van der Waals surface area contributed by atoms with Crippen LogP contribution in [0.25, 0.3) is 0 Å². The van der Waals surface area contributed by atoms with Crippen molar-refractivity contribution in [1.82, 2.24) is 4.90 Å². The van der Waals surface area contributed by atoms with Crippen LogP contribution in [0.15, 0.2) is 12.2 Å². The van der Waals surface area contributed by atoms with E-state index in [9.17, 15) is 4.79 Å². The molecule has 2 aliphatic rings. The number of carbonyl (C=O) groups is 1. The average molecular weight is 241 g/mol. The second-order valence-corrected chi connectivity index (χ2v) is 9.83. The fourth-order valence-electron chi connectivity index (χ4n) is 2.42. The molecule has 2 nitrogen and oxygen atoms in total. The van der Waals surface area contributed by atoms with Crippen LogP contribution in [0.5, 0.6) is 0 Å². The monoisotopic (exact) mass is 241 g/mol. The van der Waals surface area contributed by atoms with Gasteiger partial charge in [-0.2, -0.15) is 0 Å². The number of allylic oxidation sites excluding steroid dienone is 2. The van der Waals surface area contributed by atoms with E-state index >= 15 is 0 Å². The van der Waals surface area contributed by atoms with E-state index in [1.807, 2.05) is 0 Å². The summed E-state index contributed by atoms with van der Waals surface area (Å²) < 4.78 is 0. The molecule has 0 N–H and O–H groups in total. The van der Waals surface area contributed by atoms with E-state index in [2.05, 4.69) is 29.6 Å². The molecule has 92 valence electrons. The van der Waals surface area contributed by atoms with Gasteiger partial charge in [-0.1, -0.05) is 12.2 Å². The van der Waals surface area contributed by atoms with Gasteiger partial charge in [0.1, 0.15) is 0 Å². The van der Waals surface area contributed by atoms with Crippen molar-refractivity contribution in [3.05, 3.63) is 12.2 Å². The summed E-state index contributed by atoms with van der Waals surface area (Å²) in [5, 5.41) is 0. The highest BCUT2D eigenvalue weighted by Gasteiger charge is 2.28. The lowest BCUT2D eigenvalue weighted by molar-refractivity contribution is -0.135. The van der Waals surface area contributed by atoms with E-state index in [1.165, 1.54) is 11.5 Å². The predicted octanol–water partition coefficient (Wildman–Crippen LogP) is 2.25. The molecule has 0 saturated carbocycles. The van der Waals surface area contributed by atoms with Crippen LogP contribution in [0.2, 0.25) is 0 Å². The van der Waals surface area contributed by atoms with E-state index in [4.69, 9.17) is 0 Å². The summed E-state index contributed by atoms with van der Waals surface area (Å²) >= 11 is 0. The van der Waals surface area contributed by atoms with Crippen LogP contribution in [0.4, 0.5) is 0 Å². The van der Waals surface area contributed by atoms with Crippen LogP contribution in [0, 0.1) is 5.92 Å². The Morgan fingerprint density at radius 1 is 1.25 bits per heavy atom. The second-order valence-electron chi connectivity index (χ2n) is 5.48. The van der Waals surface area contributed by atoms with Crippen LogP contribution in [-0.4, -0.2) is 47.9 Å². The number of hydrogen-bond donors (Lipinski definition) is 0. The lowest BCUT2D eigenvalue weighted by Gasteiger charge is -2.42. The first-order valence-electron chi connectivity index (χ1n) is 6.21. The van der Waals surface area contributed by atoms with Crippen LogP contribution < -0.4 is 0 Å². The summed E-state index contributed by atoms with van der Waals surface area (Å²) in [4.78, 5) is 14.4. The van der Waals surface area contributed by atoms with Gasteiger partial charge in [-0.15, -0.1) is 0 Å². The van der Waals surface area contributed by atoms with Gasteiger partial charge in [-0.05, 0) is 43.3 Å². The normalized spacial score (nSPS) is 31.1. The molecule has 1 heterocycles. The van der Waals surface area contributed by atoms with E-state index in [0.29, 0.717) is 5.91 Å². The lowest BCUT2D eigenvalue weighted by atomic mass is 9.93. The first kappa shape index (κ1) is 12.0. The molecule has 0 spiro atoms. The van der Waals surface area contributed by atoms with Gasteiger partial charge in [-0.25, -0.2) is 10.0 Å². The van der Waals surface area contributed by atoms with Crippen molar-refractivity contribution in [2.45, 2.75) is 19.3 Å². The van der Waals surface area contributed by atoms with Crippen LogP contribution >= 0.6 is 10.0 Å². The third-order valence-corrected chi connectivity index (χ3v) is 6.33. The minimum atomic E-state index is -0.388. The Morgan fingerprint density at radius 3 is 2.50 bits per heavy atom. The van der Waals surface area contributed by atoms with Crippen LogP contribution in [-0.2, 0) is 4.79 Å². The first-order chi connectivity index (χ1) is 7.58. The molecule has 1 unspecified atom stereocenters. The van der Waals surface area contributed by atoms with E-state index in [0.717, 1.165) is 32.4 Å². The predicted molar refractivity (Wildman–Crippen MR) is 72.2 cm³/mol. The summed E-state index contributed by atoms with van der Waals surface area (Å²) in [6, 6.07) is 0. The minimum Gasteiger partial charge on any atom is -0.341 e. The van der Waals surface area contributed by atoms with Crippen molar-refractivity contribution >= 4 is 15.9 Å². The Morgan fingerprint density at radius 2 is 1.94 bits per heavy atom. The molecule has 0 aromatic heterocycles. The molecule has 1 fully saturated rings. The summed E-state index contributed by atoms with van der Waals surface area (Å²) in [6.07, 6.45) is 12.3. The zero-order valence-electron chi connectivity index (χ0n) is 10.4. The van der Waals surface area contributed by atoms with Gasteiger partial charge < -0.3 is 4.90 Å². The van der Waals surface area contributed by atoms with Gasteiger partial charge in [0, 0.05) is 19.0 Å². The highest BCUT2D eigenvalue weighted by Crippen LogP contribution is 2.41. The van der Waals surface area contributed by atoms with Gasteiger partial charge in [0.2, 0.25) is 5.91 Å². The molecule has 3 heteroatoms. The van der Waals surface area contributed by atoms with Gasteiger partial charge in [0.25, 0.3) is 0 Å². The molecule has 16 heavy (non-hydrogen) atoms. The zero-order chi connectivity index (χ0) is 11.6. The third-order valence-electron chi connectivity index (χ3n) is 3.76. The molecule has 1 atom stereocenters. The van der Waals surface area contributed by atoms with Gasteiger partial charge in [0.05, 0.1) is 0 Å². The smallest absolute Gasteiger partial charge is 0.226 e. The summed E-state index contributed by atoms with van der Waals surface area (Å²) in [6.45, 7) is 2.00. The molecular weight excluding hydrogens is 218 g/mol. The maximum atomic E-state index is 12.3. The van der Waals surface area contributed by atoms with Gasteiger partial charge in [0.15, 0.2) is 0 Å². The molecule has 1 aliphatic carbocycles. The highest BCUT2D eigenvalue weighted by molar-refractivity contribution is 8.32. The van der Waals surface area contributed by atoms with Crippen molar-refractivity contribution in [3.63, 3.8) is 0 Å². The molecular formula is C13H23NOS. The topological polar surface area (TPSA) is 20.3 Å². The van der Waals surface area contributed by atoms with Crippen LogP contribution in [0.3, 0.4) is 0 Å². The quantitative estimate of drug-likeness (QED) is 0.645. The highest BCUT2D eigenvalue weighted by atomic mass is 32.3. The zero-order valence-corrected chi connectivity index (χ0v) is 11.3. The van der Waals surface area contributed by atoms with Gasteiger partial charge >= 0.3 is 0 Å². The third kappa shape index (κ3) is 2.82. The van der Waals surface area contributed by atoms with Gasteiger partial charge in [-0.3, -0.25) is 4.79 Å². The molecule has 0 aromatic carbocycles. The van der Waals surface area contributed by atoms with Crippen molar-refractivity contribution < 1.29 is 4.79 Å². The van der Waals surface area contributed by atoms with Crippen molar-refractivity contribution in [3.8, 4) is 0 Å². The minimum absolute atomic E-state index is 0.279. The fourth-order valence-corrected chi connectivity index (χ4v) is 4.06. The molecule has 0 aromatic rings. The number of rotatable bonds is 1. The maximum absolute atomic E-state index is 12.3. The van der Waals surface area contributed by atoms with E-state index in [1.54, 1.807) is 0 Å². The van der Waals surface area contributed by atoms with Crippen molar-refractivity contribution in [2.24, 2.45) is 5.92 Å². The Labute approximate surface area is 100 Å². The Bertz CT molecular complexity index is 288. The average Bonchev–Trinajstić information content (AvgIpc) is 2.29. The standard InChI is InChI=1S/C13H23NOS/c1-16(2)10-8-14(9-11-16)13(15)12-6-4-3-5-7-12/h3-4,12H,5-11H2,1-2H3. The first-order valence-corrected chi connectivity index (χ1v) is 9.00. The maximum Gasteiger partial charge on any atom is 0.226 e. The van der Waals surface area contributed by atoms with E-state index < -0.39 is 0 Å². The lowest BCUT2D eigenvalue weighted by Crippen LogP contribution is -2.44. The SMILES string of the molecule is CS1(C)CCN(C(=O)C2CC=CCC2)CC1. The Kier molecular flexibility index (Phi) is 3.63. The number of nitrogens with zero attached hydrogens (tertiary/aromatic N) is 1. The van der Waals surface area contributed by atoms with Crippen LogP contribution in [0.1, 0.15) is 19.3 Å². The molecule has 2 rings (SSSR count). The molecule has 0 radical (unpaired) electrons. The summed E-state index contributed by atoms with van der Waals surface area (Å²) in [5.74, 6) is 3.17. The summed E-state index contributed by atoms with van der Waals surface area (Å²) in [5.41, 5.74) is 0. The Balaban J connectivity index is 1.89. The van der Waals surface area contributed by atoms with Crippen molar-refractivity contribution in [1.29, 1.82) is 0 Å². The number of hydrogen-bond acceptors (Lipinski definition) is 1. The molecule has 1 saturated heterocycles. The fraction of sp³-hybridized carbons (Fsp3) is 0.769. The van der Waals surface area contributed by atoms with Crippen molar-refractivity contribution in [2.75, 3.05) is 37.1 Å². The molecule has 1 amide bonds. The summed E-state index contributed by atoms with van der Waals surface area (Å²) in [7, 11) is -0.388. The Hall–Kier alpha value is -0.440. The molecule has 1 aliphatic heterocycles. The van der Waals surface area contributed by atoms with E-state index in [-0.39, 0.29) is 15.9 Å². The number of amides is 1.